The molecule has 1 aliphatic rings. The quantitative estimate of drug-likeness (QED) is 0.839. The van der Waals surface area contributed by atoms with Crippen LogP contribution in [0.15, 0.2) is 24.3 Å². The first-order chi connectivity index (χ1) is 9.60. The minimum Gasteiger partial charge on any atom is -0.497 e. The second-order valence-corrected chi connectivity index (χ2v) is 5.41. The monoisotopic (exact) mass is 276 g/mol. The smallest absolute Gasteiger partial charge is 0.306 e. The Hall–Kier alpha value is -1.84. The number of carbonyl (C=O) groups is 2. The summed E-state index contributed by atoms with van der Waals surface area (Å²) in [5.41, 5.74) is 0.700. The molecule has 0 bridgehead atoms. The largest absolute Gasteiger partial charge is 0.497 e. The number of carboxylic acids is 1. The van der Waals surface area contributed by atoms with Crippen molar-refractivity contribution in [2.24, 2.45) is 11.8 Å². The summed E-state index contributed by atoms with van der Waals surface area (Å²) in [6.45, 7) is 0. The first-order valence-corrected chi connectivity index (χ1v) is 7.00. The van der Waals surface area contributed by atoms with Crippen LogP contribution in [0.2, 0.25) is 0 Å². The van der Waals surface area contributed by atoms with Crippen LogP contribution >= 0.6 is 0 Å². The van der Waals surface area contributed by atoms with Crippen molar-refractivity contribution in [2.45, 2.75) is 32.1 Å². The van der Waals surface area contributed by atoms with E-state index < -0.39 is 5.97 Å². The van der Waals surface area contributed by atoms with Gasteiger partial charge in [-0.25, -0.2) is 0 Å². The number of aliphatic carboxylic acids is 1. The Balaban J connectivity index is 1.87. The summed E-state index contributed by atoms with van der Waals surface area (Å²) < 4.78 is 5.07. The van der Waals surface area contributed by atoms with Gasteiger partial charge in [-0.2, -0.15) is 0 Å². The molecule has 0 heterocycles. The Kier molecular flexibility index (Phi) is 4.77. The molecule has 1 N–H and O–H groups in total. The van der Waals surface area contributed by atoms with E-state index in [4.69, 9.17) is 9.84 Å². The molecular weight excluding hydrogens is 256 g/mol. The van der Waals surface area contributed by atoms with Crippen molar-refractivity contribution in [1.29, 1.82) is 0 Å². The number of hydrogen-bond acceptors (Lipinski definition) is 3. The van der Waals surface area contributed by atoms with Crippen LogP contribution in [0.4, 0.5) is 0 Å². The predicted molar refractivity (Wildman–Crippen MR) is 75.0 cm³/mol. The molecule has 0 radical (unpaired) electrons. The molecular formula is C16H20O4. The number of ketones is 1. The first-order valence-electron chi connectivity index (χ1n) is 7.00. The maximum atomic E-state index is 12.2. The van der Waals surface area contributed by atoms with Crippen LogP contribution in [0.5, 0.6) is 5.75 Å². The minimum absolute atomic E-state index is 0.131. The Bertz CT molecular complexity index is 470. The summed E-state index contributed by atoms with van der Waals surface area (Å²) in [5.74, 6) is 0.266. The van der Waals surface area contributed by atoms with Crippen LogP contribution < -0.4 is 4.74 Å². The summed E-state index contributed by atoms with van der Waals surface area (Å²) in [7, 11) is 1.59. The lowest BCUT2D eigenvalue weighted by Gasteiger charge is -2.25. The molecule has 20 heavy (non-hydrogen) atoms. The standard InChI is InChI=1S/C16H20O4/c1-20-14-8-6-12(7-9-14)15(17)10-11-2-4-13(5-3-11)16(18)19/h6-9,11,13H,2-5,10H2,1H3,(H,18,19). The van der Waals surface area contributed by atoms with Gasteiger partial charge >= 0.3 is 5.97 Å². The Morgan fingerprint density at radius 1 is 1.15 bits per heavy atom. The van der Waals surface area contributed by atoms with E-state index in [9.17, 15) is 9.59 Å². The van der Waals surface area contributed by atoms with Crippen LogP contribution in [0.3, 0.4) is 0 Å². The molecule has 0 spiro atoms. The SMILES string of the molecule is COc1ccc(C(=O)CC2CCC(C(=O)O)CC2)cc1. The van der Waals surface area contributed by atoms with Gasteiger partial charge in [-0.1, -0.05) is 0 Å². The van der Waals surface area contributed by atoms with Gasteiger partial charge in [-0.05, 0) is 55.9 Å². The summed E-state index contributed by atoms with van der Waals surface area (Å²) in [6.07, 6.45) is 3.56. The molecule has 0 aliphatic heterocycles. The maximum absolute atomic E-state index is 12.2. The van der Waals surface area contributed by atoms with Crippen LogP contribution in [0.1, 0.15) is 42.5 Å². The number of rotatable bonds is 5. The summed E-state index contributed by atoms with van der Waals surface area (Å²) in [4.78, 5) is 23.1. The third-order valence-electron chi connectivity index (χ3n) is 4.08. The fraction of sp³-hybridized carbons (Fsp3) is 0.500. The molecule has 0 amide bonds. The van der Waals surface area contributed by atoms with Gasteiger partial charge in [-0.15, -0.1) is 0 Å². The first kappa shape index (κ1) is 14.6. The van der Waals surface area contributed by atoms with Gasteiger partial charge in [0.15, 0.2) is 5.78 Å². The van der Waals surface area contributed by atoms with E-state index >= 15 is 0 Å². The highest BCUT2D eigenvalue weighted by Crippen LogP contribution is 2.31. The lowest BCUT2D eigenvalue weighted by atomic mass is 9.79. The number of hydrogen-bond donors (Lipinski definition) is 1. The fourth-order valence-corrected chi connectivity index (χ4v) is 2.77. The molecule has 1 fully saturated rings. The van der Waals surface area contributed by atoms with E-state index in [1.54, 1.807) is 31.4 Å². The zero-order valence-corrected chi connectivity index (χ0v) is 11.7. The average Bonchev–Trinajstić information content (AvgIpc) is 2.48. The van der Waals surface area contributed by atoms with Gasteiger partial charge in [0.2, 0.25) is 0 Å². The Morgan fingerprint density at radius 3 is 2.25 bits per heavy atom. The van der Waals surface area contributed by atoms with E-state index in [-0.39, 0.29) is 11.7 Å². The molecule has 1 aromatic rings. The van der Waals surface area contributed by atoms with Crippen molar-refractivity contribution in [3.63, 3.8) is 0 Å². The van der Waals surface area contributed by atoms with Gasteiger partial charge in [0.25, 0.3) is 0 Å². The lowest BCUT2D eigenvalue weighted by Crippen LogP contribution is -2.22. The minimum atomic E-state index is -0.704. The number of carbonyl (C=O) groups excluding carboxylic acids is 1. The lowest BCUT2D eigenvalue weighted by molar-refractivity contribution is -0.143. The van der Waals surface area contributed by atoms with Gasteiger partial charge < -0.3 is 9.84 Å². The third kappa shape index (κ3) is 3.59. The van der Waals surface area contributed by atoms with Crippen molar-refractivity contribution in [3.05, 3.63) is 29.8 Å². The third-order valence-corrected chi connectivity index (χ3v) is 4.08. The molecule has 108 valence electrons. The van der Waals surface area contributed by atoms with Gasteiger partial charge in [0.05, 0.1) is 13.0 Å². The molecule has 0 aromatic heterocycles. The highest BCUT2D eigenvalue weighted by molar-refractivity contribution is 5.96. The van der Waals surface area contributed by atoms with Crippen molar-refractivity contribution in [1.82, 2.24) is 0 Å². The number of ether oxygens (including phenoxy) is 1. The number of carboxylic acid groups (broad SMARTS) is 1. The summed E-state index contributed by atoms with van der Waals surface area (Å²) >= 11 is 0. The van der Waals surface area contributed by atoms with Crippen LogP contribution in [0.25, 0.3) is 0 Å². The molecule has 0 saturated heterocycles. The molecule has 1 aromatic carbocycles. The van der Waals surface area contributed by atoms with Crippen LogP contribution in [0, 0.1) is 11.8 Å². The van der Waals surface area contributed by atoms with E-state index in [0.29, 0.717) is 30.7 Å². The molecule has 1 saturated carbocycles. The second kappa shape index (κ2) is 6.55. The highest BCUT2D eigenvalue weighted by Gasteiger charge is 2.27. The van der Waals surface area contributed by atoms with E-state index in [1.807, 2.05) is 0 Å². The molecule has 4 heteroatoms. The van der Waals surface area contributed by atoms with Crippen molar-refractivity contribution in [2.75, 3.05) is 7.11 Å². The topological polar surface area (TPSA) is 63.6 Å². The number of Topliss-reactive ketones (excluding diaryl/α,β-unsaturated/α-hetero) is 1. The van der Waals surface area contributed by atoms with E-state index in [1.165, 1.54) is 0 Å². The number of benzene rings is 1. The van der Waals surface area contributed by atoms with Crippen molar-refractivity contribution in [3.8, 4) is 5.75 Å². The zero-order chi connectivity index (χ0) is 14.5. The van der Waals surface area contributed by atoms with Gasteiger partial charge in [0.1, 0.15) is 5.75 Å². The van der Waals surface area contributed by atoms with Crippen LogP contribution in [-0.2, 0) is 4.79 Å². The van der Waals surface area contributed by atoms with Crippen molar-refractivity contribution >= 4 is 11.8 Å². The molecule has 2 rings (SSSR count). The normalized spacial score (nSPS) is 22.2. The summed E-state index contributed by atoms with van der Waals surface area (Å²) in [5, 5.41) is 8.95. The molecule has 0 atom stereocenters. The maximum Gasteiger partial charge on any atom is 0.306 e. The predicted octanol–water partition coefficient (Wildman–Crippen LogP) is 3.16. The fourth-order valence-electron chi connectivity index (χ4n) is 2.77. The molecule has 4 nitrogen and oxygen atoms in total. The van der Waals surface area contributed by atoms with E-state index in [0.717, 1.165) is 18.6 Å². The molecule has 1 aliphatic carbocycles. The summed E-state index contributed by atoms with van der Waals surface area (Å²) in [6, 6.07) is 7.14. The zero-order valence-electron chi connectivity index (χ0n) is 11.7. The highest BCUT2D eigenvalue weighted by atomic mass is 16.5. The van der Waals surface area contributed by atoms with Crippen LogP contribution in [-0.4, -0.2) is 24.0 Å². The average molecular weight is 276 g/mol. The van der Waals surface area contributed by atoms with Crippen molar-refractivity contribution < 1.29 is 19.4 Å². The number of methoxy groups -OCH3 is 1. The second-order valence-electron chi connectivity index (χ2n) is 5.41. The van der Waals surface area contributed by atoms with Gasteiger partial charge in [0, 0.05) is 12.0 Å². The Labute approximate surface area is 118 Å². The van der Waals surface area contributed by atoms with Gasteiger partial charge in [-0.3, -0.25) is 9.59 Å². The molecule has 0 unspecified atom stereocenters. The van der Waals surface area contributed by atoms with E-state index in [2.05, 4.69) is 0 Å². The Morgan fingerprint density at radius 2 is 1.75 bits per heavy atom.